The second-order valence-corrected chi connectivity index (χ2v) is 7.95. The lowest BCUT2D eigenvalue weighted by atomic mass is 9.84. The number of halogens is 1. The van der Waals surface area contributed by atoms with Crippen molar-refractivity contribution in [1.29, 1.82) is 0 Å². The molecular weight excluding hydrogens is 430 g/mol. The Bertz CT molecular complexity index is 1100. The van der Waals surface area contributed by atoms with Crippen molar-refractivity contribution < 1.29 is 14.1 Å². The first kappa shape index (κ1) is 19.8. The first-order valence-corrected chi connectivity index (χ1v) is 9.27. The van der Waals surface area contributed by atoms with Gasteiger partial charge in [0.05, 0.1) is 16.5 Å². The number of nitro groups is 1. The molecule has 9 heteroatoms. The molecular formula is C19H18BrN3O5. The molecule has 0 saturated carbocycles. The molecule has 1 aromatic heterocycles. The van der Waals surface area contributed by atoms with Crippen LogP contribution >= 0.6 is 15.9 Å². The van der Waals surface area contributed by atoms with Crippen LogP contribution in [0.4, 0.5) is 5.69 Å². The Morgan fingerprint density at radius 1 is 1.25 bits per heavy atom. The minimum absolute atomic E-state index is 0.0715. The van der Waals surface area contributed by atoms with Gasteiger partial charge in [0.2, 0.25) is 5.91 Å². The molecule has 0 spiro atoms. The number of aromatic nitrogens is 1. The molecule has 0 atom stereocenters. The monoisotopic (exact) mass is 447 g/mol. The van der Waals surface area contributed by atoms with E-state index in [0.717, 1.165) is 14.6 Å². The Hall–Kier alpha value is -2.94. The van der Waals surface area contributed by atoms with Crippen molar-refractivity contribution in [3.63, 3.8) is 0 Å². The quantitative estimate of drug-likeness (QED) is 0.460. The molecule has 8 nitrogen and oxygen atoms in total. The number of amides is 1. The van der Waals surface area contributed by atoms with Crippen LogP contribution in [0, 0.1) is 10.1 Å². The number of rotatable bonds is 6. The van der Waals surface area contributed by atoms with Crippen LogP contribution in [0.15, 0.2) is 56.1 Å². The second kappa shape index (κ2) is 7.59. The SMILES string of the molecule is CC(C)(CNC(=O)Cn1c(=O)oc2cc([N+](=O)[O-])ccc21)c1ccc(Br)cc1. The fourth-order valence-corrected chi connectivity index (χ4v) is 3.10. The third kappa shape index (κ3) is 4.14. The van der Waals surface area contributed by atoms with Crippen LogP contribution in [0.25, 0.3) is 11.1 Å². The minimum Gasteiger partial charge on any atom is -0.407 e. The zero-order valence-electron chi connectivity index (χ0n) is 15.3. The molecule has 0 fully saturated rings. The molecule has 28 heavy (non-hydrogen) atoms. The zero-order valence-corrected chi connectivity index (χ0v) is 16.9. The summed E-state index contributed by atoms with van der Waals surface area (Å²) in [6.45, 7) is 4.16. The van der Waals surface area contributed by atoms with Crippen molar-refractivity contribution in [2.75, 3.05) is 6.54 Å². The standard InChI is InChI=1S/C19H18BrN3O5/c1-19(2,12-3-5-13(20)6-4-12)11-21-17(24)10-22-15-8-7-14(23(26)27)9-16(15)28-18(22)25/h3-9H,10-11H2,1-2H3,(H,21,24). The third-order valence-electron chi connectivity index (χ3n) is 4.52. The number of non-ortho nitro benzene ring substituents is 1. The Morgan fingerprint density at radius 2 is 1.93 bits per heavy atom. The second-order valence-electron chi connectivity index (χ2n) is 7.03. The van der Waals surface area contributed by atoms with Crippen LogP contribution in [0.2, 0.25) is 0 Å². The molecule has 0 aliphatic carbocycles. The number of benzene rings is 2. The average Bonchev–Trinajstić information content (AvgIpc) is 2.95. The molecule has 0 bridgehead atoms. The van der Waals surface area contributed by atoms with E-state index in [2.05, 4.69) is 21.2 Å². The molecule has 0 radical (unpaired) electrons. The predicted molar refractivity (Wildman–Crippen MR) is 107 cm³/mol. The Kier molecular flexibility index (Phi) is 5.37. The summed E-state index contributed by atoms with van der Waals surface area (Å²) in [6, 6.07) is 11.7. The van der Waals surface area contributed by atoms with Gasteiger partial charge in [0.25, 0.3) is 5.69 Å². The van der Waals surface area contributed by atoms with E-state index in [4.69, 9.17) is 4.42 Å². The molecule has 146 valence electrons. The predicted octanol–water partition coefficient (Wildman–Crippen LogP) is 3.36. The number of nitrogens with one attached hydrogen (secondary N) is 1. The first-order valence-electron chi connectivity index (χ1n) is 8.48. The number of carbonyl (C=O) groups is 1. The van der Waals surface area contributed by atoms with E-state index in [1.54, 1.807) is 0 Å². The van der Waals surface area contributed by atoms with Crippen molar-refractivity contribution in [2.45, 2.75) is 25.8 Å². The van der Waals surface area contributed by atoms with E-state index < -0.39 is 10.7 Å². The highest BCUT2D eigenvalue weighted by molar-refractivity contribution is 9.10. The number of fused-ring (bicyclic) bond motifs is 1. The van der Waals surface area contributed by atoms with Gasteiger partial charge in [-0.15, -0.1) is 0 Å². The molecule has 3 aromatic rings. The lowest BCUT2D eigenvalue weighted by Gasteiger charge is -2.25. The summed E-state index contributed by atoms with van der Waals surface area (Å²) < 4.78 is 7.16. The molecule has 0 aliphatic rings. The fourth-order valence-electron chi connectivity index (χ4n) is 2.84. The number of nitrogens with zero attached hydrogens (tertiary/aromatic N) is 2. The fraction of sp³-hybridized carbons (Fsp3) is 0.263. The van der Waals surface area contributed by atoms with Crippen LogP contribution < -0.4 is 11.1 Å². The van der Waals surface area contributed by atoms with Gasteiger partial charge in [-0.1, -0.05) is 41.9 Å². The first-order chi connectivity index (χ1) is 13.2. The van der Waals surface area contributed by atoms with Crippen LogP contribution in [-0.2, 0) is 16.8 Å². The summed E-state index contributed by atoms with van der Waals surface area (Å²) in [5, 5.41) is 13.7. The maximum Gasteiger partial charge on any atom is 0.420 e. The van der Waals surface area contributed by atoms with Crippen LogP contribution in [0.5, 0.6) is 0 Å². The molecule has 2 aromatic carbocycles. The van der Waals surface area contributed by atoms with Gasteiger partial charge in [-0.05, 0) is 23.8 Å². The van der Waals surface area contributed by atoms with Gasteiger partial charge in [-0.2, -0.15) is 0 Å². The maximum absolute atomic E-state index is 12.4. The minimum atomic E-state index is -0.738. The Morgan fingerprint density at radius 3 is 2.57 bits per heavy atom. The van der Waals surface area contributed by atoms with Crippen molar-refractivity contribution in [1.82, 2.24) is 9.88 Å². The van der Waals surface area contributed by atoms with Gasteiger partial charge in [-0.3, -0.25) is 19.5 Å². The maximum atomic E-state index is 12.4. The summed E-state index contributed by atoms with van der Waals surface area (Å²) in [7, 11) is 0. The summed E-state index contributed by atoms with van der Waals surface area (Å²) in [4.78, 5) is 34.7. The summed E-state index contributed by atoms with van der Waals surface area (Å²) in [5.41, 5.74) is 0.976. The molecule has 1 amide bonds. The Balaban J connectivity index is 1.73. The van der Waals surface area contributed by atoms with Gasteiger partial charge in [0.1, 0.15) is 6.54 Å². The average molecular weight is 448 g/mol. The molecule has 1 N–H and O–H groups in total. The van der Waals surface area contributed by atoms with Crippen molar-refractivity contribution >= 4 is 38.6 Å². The van der Waals surface area contributed by atoms with E-state index in [-0.39, 0.29) is 29.1 Å². The van der Waals surface area contributed by atoms with Crippen LogP contribution in [0.1, 0.15) is 19.4 Å². The summed E-state index contributed by atoms with van der Waals surface area (Å²) >= 11 is 3.40. The van der Waals surface area contributed by atoms with Gasteiger partial charge in [0, 0.05) is 22.5 Å². The van der Waals surface area contributed by atoms with E-state index in [0.29, 0.717) is 12.1 Å². The van der Waals surface area contributed by atoms with E-state index in [1.165, 1.54) is 18.2 Å². The molecule has 3 rings (SSSR count). The third-order valence-corrected chi connectivity index (χ3v) is 5.05. The van der Waals surface area contributed by atoms with E-state index in [9.17, 15) is 19.7 Å². The smallest absolute Gasteiger partial charge is 0.407 e. The molecule has 0 aliphatic heterocycles. The number of hydrogen-bond donors (Lipinski definition) is 1. The summed E-state index contributed by atoms with van der Waals surface area (Å²) in [5.74, 6) is -1.09. The highest BCUT2D eigenvalue weighted by Gasteiger charge is 2.22. The van der Waals surface area contributed by atoms with Gasteiger partial charge < -0.3 is 9.73 Å². The lowest BCUT2D eigenvalue weighted by molar-refractivity contribution is -0.384. The number of nitro benzene ring substituents is 1. The normalized spacial score (nSPS) is 11.5. The highest BCUT2D eigenvalue weighted by Crippen LogP contribution is 2.24. The zero-order chi connectivity index (χ0) is 20.5. The van der Waals surface area contributed by atoms with Crippen molar-refractivity contribution in [3.05, 3.63) is 73.2 Å². The van der Waals surface area contributed by atoms with E-state index in [1.807, 2.05) is 38.1 Å². The van der Waals surface area contributed by atoms with Gasteiger partial charge >= 0.3 is 5.76 Å². The Labute approximate surface area is 168 Å². The van der Waals surface area contributed by atoms with Crippen molar-refractivity contribution in [2.24, 2.45) is 0 Å². The molecule has 0 saturated heterocycles. The lowest BCUT2D eigenvalue weighted by Crippen LogP contribution is -2.39. The number of carbonyl (C=O) groups excluding carboxylic acids is 1. The number of hydrogen-bond acceptors (Lipinski definition) is 5. The van der Waals surface area contributed by atoms with Crippen molar-refractivity contribution in [3.8, 4) is 0 Å². The molecule has 0 unspecified atom stereocenters. The summed E-state index contributed by atoms with van der Waals surface area (Å²) in [6.07, 6.45) is 0. The highest BCUT2D eigenvalue weighted by atomic mass is 79.9. The van der Waals surface area contributed by atoms with Crippen LogP contribution in [0.3, 0.4) is 0 Å². The van der Waals surface area contributed by atoms with Gasteiger partial charge in [-0.25, -0.2) is 4.79 Å². The van der Waals surface area contributed by atoms with Gasteiger partial charge in [0.15, 0.2) is 5.58 Å². The largest absolute Gasteiger partial charge is 0.420 e. The van der Waals surface area contributed by atoms with E-state index >= 15 is 0 Å². The topological polar surface area (TPSA) is 107 Å². The molecule has 1 heterocycles. The number of oxazole rings is 1. The van der Waals surface area contributed by atoms with Crippen LogP contribution in [-0.4, -0.2) is 21.9 Å².